The van der Waals surface area contributed by atoms with Gasteiger partial charge < -0.3 is 20.7 Å². The molecule has 0 heterocycles. The fourth-order valence-electron chi connectivity index (χ4n) is 4.22. The number of alkyl carbamates (subject to hydrolysis) is 1. The van der Waals surface area contributed by atoms with Gasteiger partial charge in [0.2, 0.25) is 17.6 Å². The highest BCUT2D eigenvalue weighted by Gasteiger charge is 2.32. The van der Waals surface area contributed by atoms with Crippen LogP contribution in [0.2, 0.25) is 0 Å². The van der Waals surface area contributed by atoms with Gasteiger partial charge in [0, 0.05) is 6.42 Å². The standard InChI is InChI=1S/C31H42N4O7/c1-20(2)16-25(28(37)32-24(27(36)30(39)35-41-5)18-22-12-8-6-9-13-22)33-29(38)26(17-21(3)4)34-31(40)42-19-23-14-10-7-11-15-23/h6-15,20-21,24-26H,16-19H2,1-5H3,(H,32,37)(H,33,38)(H,34,40)(H,35,39). The van der Waals surface area contributed by atoms with E-state index in [1.807, 2.05) is 69.6 Å². The SMILES string of the molecule is CONC(=O)C(=O)C(Cc1ccccc1)NC(=O)C(CC(C)C)NC(=O)C(CC(C)C)NC(=O)OCc1ccccc1. The average molecular weight is 583 g/mol. The third kappa shape index (κ3) is 12.1. The van der Waals surface area contributed by atoms with Crippen LogP contribution < -0.4 is 21.4 Å². The highest BCUT2D eigenvalue weighted by Crippen LogP contribution is 2.11. The van der Waals surface area contributed by atoms with E-state index in [0.29, 0.717) is 6.42 Å². The summed E-state index contributed by atoms with van der Waals surface area (Å²) in [6.45, 7) is 7.61. The van der Waals surface area contributed by atoms with Crippen LogP contribution in [0, 0.1) is 11.8 Å². The first-order valence-electron chi connectivity index (χ1n) is 14.0. The van der Waals surface area contributed by atoms with E-state index >= 15 is 0 Å². The summed E-state index contributed by atoms with van der Waals surface area (Å²) in [6, 6.07) is 14.8. The Bertz CT molecular complexity index is 1170. The lowest BCUT2D eigenvalue weighted by atomic mass is 9.98. The molecule has 0 fully saturated rings. The zero-order valence-corrected chi connectivity index (χ0v) is 24.8. The fraction of sp³-hybridized carbons (Fsp3) is 0.452. The van der Waals surface area contributed by atoms with Gasteiger partial charge in [-0.15, -0.1) is 0 Å². The number of carbonyl (C=O) groups excluding carboxylic acids is 5. The van der Waals surface area contributed by atoms with E-state index in [0.717, 1.165) is 11.1 Å². The van der Waals surface area contributed by atoms with E-state index in [4.69, 9.17) is 4.74 Å². The van der Waals surface area contributed by atoms with Crippen LogP contribution in [0.15, 0.2) is 60.7 Å². The normalized spacial score (nSPS) is 13.0. The molecule has 0 spiro atoms. The molecule has 0 aliphatic heterocycles. The molecule has 42 heavy (non-hydrogen) atoms. The molecule has 0 saturated heterocycles. The molecule has 0 radical (unpaired) electrons. The van der Waals surface area contributed by atoms with Crippen molar-refractivity contribution >= 4 is 29.6 Å². The summed E-state index contributed by atoms with van der Waals surface area (Å²) in [7, 11) is 1.20. The van der Waals surface area contributed by atoms with Crippen LogP contribution in [0.5, 0.6) is 0 Å². The molecule has 3 unspecified atom stereocenters. The minimum Gasteiger partial charge on any atom is -0.445 e. The quantitative estimate of drug-likeness (QED) is 0.175. The van der Waals surface area contributed by atoms with E-state index in [1.54, 1.807) is 24.3 Å². The molecular formula is C31H42N4O7. The summed E-state index contributed by atoms with van der Waals surface area (Å²) in [5.74, 6) is -3.08. The maximum atomic E-state index is 13.5. The zero-order valence-electron chi connectivity index (χ0n) is 24.8. The third-order valence-corrected chi connectivity index (χ3v) is 6.20. The van der Waals surface area contributed by atoms with Crippen molar-refractivity contribution in [1.82, 2.24) is 21.4 Å². The molecule has 4 N–H and O–H groups in total. The number of benzene rings is 2. The van der Waals surface area contributed by atoms with Crippen molar-refractivity contribution in [3.05, 3.63) is 71.8 Å². The second-order valence-electron chi connectivity index (χ2n) is 10.8. The smallest absolute Gasteiger partial charge is 0.408 e. The van der Waals surface area contributed by atoms with Gasteiger partial charge in [-0.25, -0.2) is 10.3 Å². The number of hydrogen-bond donors (Lipinski definition) is 4. The van der Waals surface area contributed by atoms with Gasteiger partial charge in [-0.3, -0.25) is 24.0 Å². The topological polar surface area (TPSA) is 152 Å². The van der Waals surface area contributed by atoms with Crippen molar-refractivity contribution in [1.29, 1.82) is 0 Å². The van der Waals surface area contributed by atoms with Crippen molar-refractivity contribution in [3.8, 4) is 0 Å². The molecule has 2 rings (SSSR count). The number of carbonyl (C=O) groups is 5. The Morgan fingerprint density at radius 3 is 1.64 bits per heavy atom. The van der Waals surface area contributed by atoms with Crippen molar-refractivity contribution in [3.63, 3.8) is 0 Å². The van der Waals surface area contributed by atoms with Crippen LogP contribution in [0.4, 0.5) is 4.79 Å². The van der Waals surface area contributed by atoms with E-state index in [9.17, 15) is 24.0 Å². The van der Waals surface area contributed by atoms with Crippen LogP contribution in [0.3, 0.4) is 0 Å². The molecule has 0 aliphatic carbocycles. The Labute approximate surface area is 247 Å². The second kappa shape index (κ2) is 17.5. The Morgan fingerprint density at radius 1 is 0.667 bits per heavy atom. The largest absolute Gasteiger partial charge is 0.445 e. The Kier molecular flexibility index (Phi) is 14.2. The fourth-order valence-corrected chi connectivity index (χ4v) is 4.22. The number of amides is 4. The van der Waals surface area contributed by atoms with Crippen LogP contribution in [0.1, 0.15) is 51.7 Å². The van der Waals surface area contributed by atoms with Gasteiger partial charge in [0.15, 0.2) is 0 Å². The van der Waals surface area contributed by atoms with Crippen LogP contribution in [-0.2, 0) is 41.8 Å². The second-order valence-corrected chi connectivity index (χ2v) is 10.8. The Morgan fingerprint density at radius 2 is 1.14 bits per heavy atom. The number of ketones is 1. The molecule has 0 bridgehead atoms. The molecule has 11 heteroatoms. The summed E-state index contributed by atoms with van der Waals surface area (Å²) in [4.78, 5) is 69.1. The van der Waals surface area contributed by atoms with Crippen LogP contribution >= 0.6 is 0 Å². The minimum absolute atomic E-state index is 0.00606. The maximum absolute atomic E-state index is 13.5. The Balaban J connectivity index is 2.17. The predicted octanol–water partition coefficient (Wildman–Crippen LogP) is 2.83. The monoisotopic (exact) mass is 582 g/mol. The number of rotatable bonds is 16. The van der Waals surface area contributed by atoms with E-state index in [2.05, 4.69) is 20.8 Å². The summed E-state index contributed by atoms with van der Waals surface area (Å²) < 4.78 is 5.29. The van der Waals surface area contributed by atoms with Crippen molar-refractivity contribution in [2.24, 2.45) is 11.8 Å². The lowest BCUT2D eigenvalue weighted by Gasteiger charge is -2.26. The predicted molar refractivity (Wildman–Crippen MR) is 157 cm³/mol. The number of hydroxylamine groups is 1. The highest BCUT2D eigenvalue weighted by molar-refractivity contribution is 6.38. The van der Waals surface area contributed by atoms with Crippen molar-refractivity contribution < 1.29 is 33.5 Å². The maximum Gasteiger partial charge on any atom is 0.408 e. The van der Waals surface area contributed by atoms with E-state index in [1.165, 1.54) is 7.11 Å². The molecule has 0 saturated carbocycles. The number of hydrogen-bond acceptors (Lipinski definition) is 7. The van der Waals surface area contributed by atoms with Crippen LogP contribution in [0.25, 0.3) is 0 Å². The molecule has 4 amide bonds. The first-order valence-corrected chi connectivity index (χ1v) is 14.0. The number of nitrogens with one attached hydrogen (secondary N) is 4. The molecular weight excluding hydrogens is 540 g/mol. The highest BCUT2D eigenvalue weighted by atomic mass is 16.6. The van der Waals surface area contributed by atoms with Gasteiger partial charge in [-0.05, 0) is 35.8 Å². The van der Waals surface area contributed by atoms with Gasteiger partial charge in [0.05, 0.1) is 7.11 Å². The lowest BCUT2D eigenvalue weighted by Crippen LogP contribution is -2.57. The number of Topliss-reactive ketones (excluding diaryl/α,β-unsaturated/α-hetero) is 1. The molecule has 0 aromatic heterocycles. The molecule has 3 atom stereocenters. The molecule has 2 aromatic carbocycles. The van der Waals surface area contributed by atoms with Gasteiger partial charge in [0.25, 0.3) is 0 Å². The summed E-state index contributed by atoms with van der Waals surface area (Å²) in [5, 5.41) is 7.99. The summed E-state index contributed by atoms with van der Waals surface area (Å²) >= 11 is 0. The molecule has 2 aromatic rings. The zero-order chi connectivity index (χ0) is 31.1. The lowest BCUT2D eigenvalue weighted by molar-refractivity contribution is -0.146. The first kappa shape index (κ1) is 34.0. The van der Waals surface area contributed by atoms with Gasteiger partial charge in [-0.2, -0.15) is 0 Å². The van der Waals surface area contributed by atoms with E-state index < -0.39 is 47.7 Å². The van der Waals surface area contributed by atoms with Crippen molar-refractivity contribution in [2.45, 2.75) is 71.7 Å². The minimum atomic E-state index is -1.21. The van der Waals surface area contributed by atoms with Crippen molar-refractivity contribution in [2.75, 3.05) is 7.11 Å². The first-order chi connectivity index (χ1) is 20.0. The van der Waals surface area contributed by atoms with Crippen LogP contribution in [-0.4, -0.2) is 54.8 Å². The van der Waals surface area contributed by atoms with E-state index in [-0.39, 0.29) is 31.3 Å². The van der Waals surface area contributed by atoms with Gasteiger partial charge in [0.1, 0.15) is 24.7 Å². The molecule has 228 valence electrons. The van der Waals surface area contributed by atoms with Gasteiger partial charge in [-0.1, -0.05) is 88.4 Å². The average Bonchev–Trinajstić information content (AvgIpc) is 2.95. The molecule has 0 aliphatic rings. The van der Waals surface area contributed by atoms with Gasteiger partial charge >= 0.3 is 12.0 Å². The summed E-state index contributed by atoms with van der Waals surface area (Å²) in [6.07, 6.45) is -0.159. The Hall–Kier alpha value is -4.25. The summed E-state index contributed by atoms with van der Waals surface area (Å²) in [5.41, 5.74) is 3.51. The molecule has 11 nitrogen and oxygen atoms in total. The third-order valence-electron chi connectivity index (χ3n) is 6.20. The number of ether oxygens (including phenoxy) is 1.